The minimum atomic E-state index is -0.720. The Labute approximate surface area is 282 Å². The Morgan fingerprint density at radius 1 is 0.400 bits per heavy atom. The van der Waals surface area contributed by atoms with Gasteiger partial charge >= 0.3 is 11.9 Å². The topological polar surface area (TPSA) is 63.6 Å². The summed E-state index contributed by atoms with van der Waals surface area (Å²) in [5, 5.41) is 8.87. The molecule has 0 saturated carbocycles. The maximum absolute atomic E-state index is 12.6. The van der Waals surface area contributed by atoms with E-state index in [4.69, 9.17) is 9.84 Å². The molecule has 0 aromatic carbocycles. The first-order valence-corrected chi connectivity index (χ1v) is 20.5. The van der Waals surface area contributed by atoms with Crippen LogP contribution >= 0.6 is 0 Å². The van der Waals surface area contributed by atoms with Gasteiger partial charge in [0.25, 0.3) is 0 Å². The van der Waals surface area contributed by atoms with Gasteiger partial charge in [0.1, 0.15) is 6.10 Å². The van der Waals surface area contributed by atoms with Crippen LogP contribution < -0.4 is 0 Å². The maximum atomic E-state index is 12.6. The van der Waals surface area contributed by atoms with Crippen LogP contribution in [0.15, 0.2) is 0 Å². The van der Waals surface area contributed by atoms with Crippen LogP contribution in [0.2, 0.25) is 0 Å². The predicted molar refractivity (Wildman–Crippen MR) is 195 cm³/mol. The van der Waals surface area contributed by atoms with Crippen molar-refractivity contribution in [2.75, 3.05) is 0 Å². The fraction of sp³-hybridized carbons (Fsp3) is 0.951. The third-order valence-corrected chi connectivity index (χ3v) is 9.58. The molecule has 4 nitrogen and oxygen atoms in total. The summed E-state index contributed by atoms with van der Waals surface area (Å²) in [4.78, 5) is 23.3. The standard InChI is InChI=1S/C41H80O4/c1-3-5-7-9-11-13-14-15-16-17-18-19-20-21-22-23-24-25-27-29-34-38-41(44)45-39(36-32-30-33-37-40(42)43)35-31-28-26-12-10-8-6-4-2/h39H,3-38H2,1-2H3,(H,42,43). The Kier molecular flexibility index (Phi) is 36.5. The molecule has 45 heavy (non-hydrogen) atoms. The molecule has 0 aliphatic carbocycles. The highest BCUT2D eigenvalue weighted by molar-refractivity contribution is 5.69. The van der Waals surface area contributed by atoms with E-state index in [1.807, 2.05) is 0 Å². The number of unbranched alkanes of at least 4 members (excludes halogenated alkanes) is 29. The van der Waals surface area contributed by atoms with E-state index in [2.05, 4.69) is 13.8 Å². The van der Waals surface area contributed by atoms with E-state index in [1.165, 1.54) is 167 Å². The van der Waals surface area contributed by atoms with Gasteiger partial charge in [-0.2, -0.15) is 0 Å². The van der Waals surface area contributed by atoms with Crippen molar-refractivity contribution in [1.82, 2.24) is 0 Å². The molecule has 1 N–H and O–H groups in total. The molecule has 1 unspecified atom stereocenters. The molecule has 0 aromatic rings. The maximum Gasteiger partial charge on any atom is 0.306 e. The Morgan fingerprint density at radius 2 is 0.667 bits per heavy atom. The molecule has 0 aliphatic rings. The lowest BCUT2D eigenvalue weighted by Gasteiger charge is -2.18. The van der Waals surface area contributed by atoms with Gasteiger partial charge in [0.15, 0.2) is 0 Å². The van der Waals surface area contributed by atoms with Crippen LogP contribution in [0.3, 0.4) is 0 Å². The fourth-order valence-corrected chi connectivity index (χ4v) is 6.54. The minimum Gasteiger partial charge on any atom is -0.481 e. The number of rotatable bonds is 38. The van der Waals surface area contributed by atoms with Crippen LogP contribution in [0.1, 0.15) is 245 Å². The molecule has 0 fully saturated rings. The summed E-state index contributed by atoms with van der Waals surface area (Å²) in [5.41, 5.74) is 0. The highest BCUT2D eigenvalue weighted by Crippen LogP contribution is 2.19. The number of ether oxygens (including phenoxy) is 1. The quantitative estimate of drug-likeness (QED) is 0.0541. The first-order chi connectivity index (χ1) is 22.1. The molecule has 0 heterocycles. The van der Waals surface area contributed by atoms with Crippen LogP contribution in [0.4, 0.5) is 0 Å². The number of esters is 1. The van der Waals surface area contributed by atoms with Crippen LogP contribution in [0, 0.1) is 0 Å². The SMILES string of the molecule is CCCCCCCCCCCCCCCCCCCCCCCC(=O)OC(CCCCCCCCCC)CCCCCC(=O)O. The zero-order chi connectivity index (χ0) is 32.9. The molecule has 0 spiro atoms. The molecular formula is C41H80O4. The van der Waals surface area contributed by atoms with Crippen molar-refractivity contribution in [3.05, 3.63) is 0 Å². The predicted octanol–water partition coefficient (Wildman–Crippen LogP) is 14.1. The third kappa shape index (κ3) is 37.3. The van der Waals surface area contributed by atoms with E-state index in [0.717, 1.165) is 44.9 Å². The molecule has 0 aromatic heterocycles. The largest absolute Gasteiger partial charge is 0.481 e. The lowest BCUT2D eigenvalue weighted by molar-refractivity contribution is -0.150. The normalized spacial score (nSPS) is 12.0. The molecule has 1 atom stereocenters. The number of hydrogen-bond acceptors (Lipinski definition) is 3. The van der Waals surface area contributed by atoms with Crippen LogP contribution in [-0.2, 0) is 14.3 Å². The molecule has 0 radical (unpaired) electrons. The van der Waals surface area contributed by atoms with Crippen LogP contribution in [0.25, 0.3) is 0 Å². The van der Waals surface area contributed by atoms with E-state index in [9.17, 15) is 9.59 Å². The van der Waals surface area contributed by atoms with Crippen molar-refractivity contribution in [3.8, 4) is 0 Å². The summed E-state index contributed by atoms with van der Waals surface area (Å²) < 4.78 is 5.93. The Hall–Kier alpha value is -1.06. The molecule has 0 rings (SSSR count). The Bertz CT molecular complexity index is 604. The number of aliphatic carboxylic acids is 1. The van der Waals surface area contributed by atoms with Crippen molar-refractivity contribution < 1.29 is 19.4 Å². The van der Waals surface area contributed by atoms with Gasteiger partial charge in [0.05, 0.1) is 0 Å². The second kappa shape index (κ2) is 37.4. The third-order valence-electron chi connectivity index (χ3n) is 9.58. The number of hydrogen-bond donors (Lipinski definition) is 1. The monoisotopic (exact) mass is 637 g/mol. The lowest BCUT2D eigenvalue weighted by Crippen LogP contribution is -2.18. The first kappa shape index (κ1) is 43.9. The number of carbonyl (C=O) groups is 2. The van der Waals surface area contributed by atoms with E-state index in [1.54, 1.807) is 0 Å². The molecule has 0 saturated heterocycles. The summed E-state index contributed by atoms with van der Waals surface area (Å²) >= 11 is 0. The molecule has 268 valence electrons. The fourth-order valence-electron chi connectivity index (χ4n) is 6.54. The van der Waals surface area contributed by atoms with Crippen LogP contribution in [0.5, 0.6) is 0 Å². The molecule has 0 bridgehead atoms. The molecular weight excluding hydrogens is 556 g/mol. The van der Waals surface area contributed by atoms with Crippen molar-refractivity contribution in [3.63, 3.8) is 0 Å². The summed E-state index contributed by atoms with van der Waals surface area (Å²) in [7, 11) is 0. The summed E-state index contributed by atoms with van der Waals surface area (Å²) in [6.07, 6.45) is 44.2. The average Bonchev–Trinajstić information content (AvgIpc) is 3.02. The van der Waals surface area contributed by atoms with E-state index >= 15 is 0 Å². The van der Waals surface area contributed by atoms with Crippen molar-refractivity contribution in [1.29, 1.82) is 0 Å². The summed E-state index contributed by atoms with van der Waals surface area (Å²) in [6, 6.07) is 0. The van der Waals surface area contributed by atoms with Gasteiger partial charge in [-0.1, -0.05) is 194 Å². The average molecular weight is 637 g/mol. The van der Waals surface area contributed by atoms with Gasteiger partial charge in [-0.3, -0.25) is 9.59 Å². The zero-order valence-electron chi connectivity index (χ0n) is 30.7. The van der Waals surface area contributed by atoms with Crippen LogP contribution in [-0.4, -0.2) is 23.1 Å². The van der Waals surface area contributed by atoms with E-state index in [-0.39, 0.29) is 18.5 Å². The Morgan fingerprint density at radius 3 is 1.00 bits per heavy atom. The smallest absolute Gasteiger partial charge is 0.306 e. The second-order valence-electron chi connectivity index (χ2n) is 14.2. The van der Waals surface area contributed by atoms with Crippen molar-refractivity contribution >= 4 is 11.9 Å². The summed E-state index contributed by atoms with van der Waals surface area (Å²) in [6.45, 7) is 4.55. The number of carbonyl (C=O) groups excluding carboxylic acids is 1. The van der Waals surface area contributed by atoms with Gasteiger partial charge in [-0.25, -0.2) is 0 Å². The lowest BCUT2D eigenvalue weighted by atomic mass is 10.0. The van der Waals surface area contributed by atoms with Gasteiger partial charge < -0.3 is 9.84 Å². The van der Waals surface area contributed by atoms with Crippen molar-refractivity contribution in [2.24, 2.45) is 0 Å². The van der Waals surface area contributed by atoms with Crippen molar-refractivity contribution in [2.45, 2.75) is 251 Å². The van der Waals surface area contributed by atoms with E-state index < -0.39 is 5.97 Å². The zero-order valence-corrected chi connectivity index (χ0v) is 30.7. The van der Waals surface area contributed by atoms with Gasteiger partial charge in [-0.05, 0) is 38.5 Å². The number of carboxylic acid groups (broad SMARTS) is 1. The first-order valence-electron chi connectivity index (χ1n) is 20.5. The number of carboxylic acids is 1. The molecule has 0 amide bonds. The molecule has 0 aliphatic heterocycles. The van der Waals surface area contributed by atoms with Gasteiger partial charge in [-0.15, -0.1) is 0 Å². The minimum absolute atomic E-state index is 0.0114. The van der Waals surface area contributed by atoms with Gasteiger partial charge in [0.2, 0.25) is 0 Å². The highest BCUT2D eigenvalue weighted by Gasteiger charge is 2.14. The highest BCUT2D eigenvalue weighted by atomic mass is 16.5. The second-order valence-corrected chi connectivity index (χ2v) is 14.2. The van der Waals surface area contributed by atoms with Gasteiger partial charge in [0, 0.05) is 12.8 Å². The Balaban J connectivity index is 3.70. The summed E-state index contributed by atoms with van der Waals surface area (Å²) in [5.74, 6) is -0.746. The molecule has 4 heteroatoms. The van der Waals surface area contributed by atoms with E-state index in [0.29, 0.717) is 12.8 Å².